The number of benzene rings is 1. The fourth-order valence-electron chi connectivity index (χ4n) is 1.97. The van der Waals surface area contributed by atoms with Crippen molar-refractivity contribution in [1.29, 1.82) is 0 Å². The third kappa shape index (κ3) is 1.76. The zero-order valence-corrected chi connectivity index (χ0v) is 8.85. The smallest absolute Gasteiger partial charge is 0.0822 e. The van der Waals surface area contributed by atoms with E-state index in [0.717, 1.165) is 16.5 Å². The summed E-state index contributed by atoms with van der Waals surface area (Å²) in [5.41, 5.74) is 7.52. The molecule has 2 rings (SSSR count). The van der Waals surface area contributed by atoms with Gasteiger partial charge in [0.05, 0.1) is 11.6 Å². The van der Waals surface area contributed by atoms with E-state index in [1.807, 2.05) is 42.1 Å². The van der Waals surface area contributed by atoms with Crippen LogP contribution in [0, 0.1) is 0 Å². The van der Waals surface area contributed by atoms with E-state index >= 15 is 0 Å². The molecule has 0 aliphatic heterocycles. The third-order valence-corrected chi connectivity index (χ3v) is 2.73. The van der Waals surface area contributed by atoms with Crippen molar-refractivity contribution in [3.8, 4) is 0 Å². The second kappa shape index (κ2) is 4.04. The Morgan fingerprint density at radius 3 is 2.93 bits per heavy atom. The number of para-hydroxylation sites is 1. The minimum absolute atomic E-state index is 0.465. The topological polar surface area (TPSA) is 51.2 Å². The molecule has 0 unspecified atom stereocenters. The summed E-state index contributed by atoms with van der Waals surface area (Å²) in [6.45, 7) is 0.502. The van der Waals surface area contributed by atoms with E-state index in [4.69, 9.17) is 5.73 Å². The van der Waals surface area contributed by atoms with Gasteiger partial charge < -0.3 is 15.4 Å². The van der Waals surface area contributed by atoms with Gasteiger partial charge in [-0.3, -0.25) is 0 Å². The Labute approximate surface area is 89.1 Å². The predicted molar refractivity (Wildman–Crippen MR) is 61.6 cm³/mol. The number of hydrogen-bond acceptors (Lipinski definition) is 2. The van der Waals surface area contributed by atoms with Gasteiger partial charge in [0.25, 0.3) is 0 Å². The van der Waals surface area contributed by atoms with Gasteiger partial charge >= 0.3 is 0 Å². The SMILES string of the molecule is Cn1ccc2cccc([C@H](O)CCN)c21. The Balaban J connectivity index is 2.54. The predicted octanol–water partition coefficient (Wildman–Crippen LogP) is 1.56. The van der Waals surface area contributed by atoms with Crippen LogP contribution in [0.5, 0.6) is 0 Å². The van der Waals surface area contributed by atoms with Gasteiger partial charge in [0.15, 0.2) is 0 Å². The molecular formula is C12H16N2O. The largest absolute Gasteiger partial charge is 0.388 e. The Hall–Kier alpha value is -1.32. The number of aliphatic hydroxyl groups is 1. The third-order valence-electron chi connectivity index (χ3n) is 2.73. The van der Waals surface area contributed by atoms with Crippen molar-refractivity contribution in [2.75, 3.05) is 6.54 Å². The number of aliphatic hydroxyl groups excluding tert-OH is 1. The van der Waals surface area contributed by atoms with Crippen LogP contribution in [0.2, 0.25) is 0 Å². The number of nitrogens with zero attached hydrogens (tertiary/aromatic N) is 1. The number of hydrogen-bond donors (Lipinski definition) is 2. The molecule has 15 heavy (non-hydrogen) atoms. The lowest BCUT2D eigenvalue weighted by Gasteiger charge is -2.12. The molecule has 80 valence electrons. The van der Waals surface area contributed by atoms with Crippen LogP contribution >= 0.6 is 0 Å². The second-order valence-electron chi connectivity index (χ2n) is 3.80. The van der Waals surface area contributed by atoms with Gasteiger partial charge in [0.2, 0.25) is 0 Å². The molecule has 1 atom stereocenters. The molecule has 3 heteroatoms. The van der Waals surface area contributed by atoms with Gasteiger partial charge in [0.1, 0.15) is 0 Å². The minimum atomic E-state index is -0.465. The normalized spacial score (nSPS) is 13.3. The van der Waals surface area contributed by atoms with Gasteiger partial charge in [-0.25, -0.2) is 0 Å². The van der Waals surface area contributed by atoms with Crippen molar-refractivity contribution in [2.24, 2.45) is 12.8 Å². The highest BCUT2D eigenvalue weighted by Gasteiger charge is 2.11. The van der Waals surface area contributed by atoms with Crippen molar-refractivity contribution in [3.05, 3.63) is 36.0 Å². The van der Waals surface area contributed by atoms with Crippen molar-refractivity contribution in [3.63, 3.8) is 0 Å². The summed E-state index contributed by atoms with van der Waals surface area (Å²) in [5, 5.41) is 11.1. The van der Waals surface area contributed by atoms with Crippen LogP contribution in [-0.4, -0.2) is 16.2 Å². The lowest BCUT2D eigenvalue weighted by molar-refractivity contribution is 0.171. The maximum Gasteiger partial charge on any atom is 0.0822 e. The number of fused-ring (bicyclic) bond motifs is 1. The van der Waals surface area contributed by atoms with Gasteiger partial charge in [0, 0.05) is 18.8 Å². The highest BCUT2D eigenvalue weighted by atomic mass is 16.3. The first-order valence-corrected chi connectivity index (χ1v) is 5.16. The first-order valence-electron chi connectivity index (χ1n) is 5.16. The van der Waals surface area contributed by atoms with Crippen LogP contribution < -0.4 is 5.73 Å². The van der Waals surface area contributed by atoms with Crippen LogP contribution in [-0.2, 0) is 7.05 Å². The number of rotatable bonds is 3. The summed E-state index contributed by atoms with van der Waals surface area (Å²) >= 11 is 0. The fraction of sp³-hybridized carbons (Fsp3) is 0.333. The van der Waals surface area contributed by atoms with Crippen LogP contribution in [0.4, 0.5) is 0 Å². The van der Waals surface area contributed by atoms with E-state index < -0.39 is 6.10 Å². The van der Waals surface area contributed by atoms with E-state index in [1.54, 1.807) is 0 Å². The van der Waals surface area contributed by atoms with E-state index in [0.29, 0.717) is 13.0 Å². The first kappa shape index (κ1) is 10.2. The summed E-state index contributed by atoms with van der Waals surface area (Å²) in [4.78, 5) is 0. The number of aromatic nitrogens is 1. The molecule has 0 amide bonds. The first-order chi connectivity index (χ1) is 7.24. The quantitative estimate of drug-likeness (QED) is 0.797. The Kier molecular flexibility index (Phi) is 2.75. The zero-order valence-electron chi connectivity index (χ0n) is 8.85. The van der Waals surface area contributed by atoms with Crippen molar-refractivity contribution >= 4 is 10.9 Å². The lowest BCUT2D eigenvalue weighted by Crippen LogP contribution is -2.07. The standard InChI is InChI=1S/C12H16N2O/c1-14-8-6-9-3-2-4-10(12(9)14)11(15)5-7-13/h2-4,6,8,11,15H,5,7,13H2,1H3/t11-/m1/s1. The summed E-state index contributed by atoms with van der Waals surface area (Å²) < 4.78 is 2.03. The van der Waals surface area contributed by atoms with Crippen molar-refractivity contribution < 1.29 is 5.11 Å². The summed E-state index contributed by atoms with van der Waals surface area (Å²) in [7, 11) is 1.99. The Morgan fingerprint density at radius 2 is 2.20 bits per heavy atom. The molecule has 3 N–H and O–H groups in total. The molecule has 0 aliphatic carbocycles. The molecule has 0 aliphatic rings. The molecule has 0 bridgehead atoms. The highest BCUT2D eigenvalue weighted by Crippen LogP contribution is 2.26. The monoisotopic (exact) mass is 204 g/mol. The van der Waals surface area contributed by atoms with Crippen LogP contribution in [0.1, 0.15) is 18.1 Å². The van der Waals surface area contributed by atoms with E-state index in [-0.39, 0.29) is 0 Å². The molecule has 0 saturated carbocycles. The molecule has 2 aromatic rings. The number of nitrogens with two attached hydrogens (primary N) is 1. The van der Waals surface area contributed by atoms with Crippen molar-refractivity contribution in [1.82, 2.24) is 4.57 Å². The Morgan fingerprint density at radius 1 is 1.40 bits per heavy atom. The van der Waals surface area contributed by atoms with E-state index in [2.05, 4.69) is 0 Å². The van der Waals surface area contributed by atoms with Gasteiger partial charge in [-0.1, -0.05) is 18.2 Å². The average Bonchev–Trinajstić information content (AvgIpc) is 2.61. The lowest BCUT2D eigenvalue weighted by atomic mass is 10.0. The molecule has 1 aromatic carbocycles. The molecule has 0 fully saturated rings. The maximum atomic E-state index is 9.97. The Bertz CT molecular complexity index is 462. The maximum absolute atomic E-state index is 9.97. The summed E-state index contributed by atoms with van der Waals surface area (Å²) in [5.74, 6) is 0. The fourth-order valence-corrected chi connectivity index (χ4v) is 1.97. The molecule has 1 aromatic heterocycles. The molecule has 3 nitrogen and oxygen atoms in total. The van der Waals surface area contributed by atoms with E-state index in [9.17, 15) is 5.11 Å². The number of aryl methyl sites for hydroxylation is 1. The van der Waals surface area contributed by atoms with Gasteiger partial charge in [-0.05, 0) is 24.4 Å². The highest BCUT2D eigenvalue weighted by molar-refractivity contribution is 5.83. The molecule has 0 radical (unpaired) electrons. The summed E-state index contributed by atoms with van der Waals surface area (Å²) in [6.07, 6.45) is 2.14. The average molecular weight is 204 g/mol. The van der Waals surface area contributed by atoms with Crippen LogP contribution in [0.25, 0.3) is 10.9 Å². The minimum Gasteiger partial charge on any atom is -0.388 e. The van der Waals surface area contributed by atoms with Crippen molar-refractivity contribution in [2.45, 2.75) is 12.5 Å². The van der Waals surface area contributed by atoms with Crippen LogP contribution in [0.3, 0.4) is 0 Å². The summed E-state index contributed by atoms with van der Waals surface area (Å²) in [6, 6.07) is 8.03. The van der Waals surface area contributed by atoms with Gasteiger partial charge in [-0.2, -0.15) is 0 Å². The van der Waals surface area contributed by atoms with Gasteiger partial charge in [-0.15, -0.1) is 0 Å². The molecule has 0 saturated heterocycles. The molecule has 0 spiro atoms. The zero-order chi connectivity index (χ0) is 10.8. The molecular weight excluding hydrogens is 188 g/mol. The van der Waals surface area contributed by atoms with Crippen LogP contribution in [0.15, 0.2) is 30.5 Å². The second-order valence-corrected chi connectivity index (χ2v) is 3.80. The molecule has 1 heterocycles. The van der Waals surface area contributed by atoms with E-state index in [1.165, 1.54) is 0 Å².